The maximum atomic E-state index is 12.7. The van der Waals surface area contributed by atoms with E-state index >= 15 is 0 Å². The molecule has 248 valence electrons. The first-order chi connectivity index (χ1) is 22.2. The summed E-state index contributed by atoms with van der Waals surface area (Å²) in [6.07, 6.45) is 10.7. The maximum absolute atomic E-state index is 12.7. The Balaban J connectivity index is 1.36. The Kier molecular flexibility index (Phi) is 15.0. The quantitative estimate of drug-likeness (QED) is 0.0398. The van der Waals surface area contributed by atoms with Crippen molar-refractivity contribution < 1.29 is 37.7 Å². The SMILES string of the molecule is C=C(C)C(=O)OCCCCCCCCCCCOc1ccc2cc(C(=O)Oc3ccc(C(=O)OCC(C)CC)cc3)c(=O)oc2c1. The van der Waals surface area contributed by atoms with Crippen molar-refractivity contribution in [1.29, 1.82) is 0 Å². The van der Waals surface area contributed by atoms with Crippen molar-refractivity contribution in [2.75, 3.05) is 19.8 Å². The van der Waals surface area contributed by atoms with Crippen LogP contribution in [0, 0.1) is 5.92 Å². The summed E-state index contributed by atoms with van der Waals surface area (Å²) in [6, 6.07) is 12.5. The summed E-state index contributed by atoms with van der Waals surface area (Å²) in [4.78, 5) is 48.9. The van der Waals surface area contributed by atoms with Crippen LogP contribution in [0.1, 0.15) is 106 Å². The predicted octanol–water partition coefficient (Wildman–Crippen LogP) is 8.22. The fourth-order valence-electron chi connectivity index (χ4n) is 4.48. The molecule has 0 spiro atoms. The van der Waals surface area contributed by atoms with E-state index in [9.17, 15) is 19.2 Å². The summed E-state index contributed by atoms with van der Waals surface area (Å²) in [6.45, 7) is 10.6. The zero-order chi connectivity index (χ0) is 33.3. The molecule has 1 unspecified atom stereocenters. The van der Waals surface area contributed by atoms with Crippen molar-refractivity contribution in [3.63, 3.8) is 0 Å². The van der Waals surface area contributed by atoms with Crippen molar-refractivity contribution in [3.8, 4) is 11.5 Å². The summed E-state index contributed by atoms with van der Waals surface area (Å²) in [5.41, 5.74) is 0.0410. The van der Waals surface area contributed by atoms with Gasteiger partial charge in [-0.15, -0.1) is 0 Å². The van der Waals surface area contributed by atoms with Gasteiger partial charge in [0.15, 0.2) is 0 Å². The topological polar surface area (TPSA) is 118 Å². The Bertz CT molecular complexity index is 1500. The first-order valence-electron chi connectivity index (χ1n) is 16.2. The Morgan fingerprint density at radius 2 is 1.39 bits per heavy atom. The van der Waals surface area contributed by atoms with Crippen molar-refractivity contribution >= 4 is 28.9 Å². The lowest BCUT2D eigenvalue weighted by Gasteiger charge is -2.10. The van der Waals surface area contributed by atoms with Crippen molar-refractivity contribution in [2.24, 2.45) is 5.92 Å². The minimum atomic E-state index is -0.857. The molecular formula is C37H46O9. The van der Waals surface area contributed by atoms with Gasteiger partial charge < -0.3 is 23.4 Å². The van der Waals surface area contributed by atoms with E-state index in [0.29, 0.717) is 47.7 Å². The molecule has 2 aromatic carbocycles. The van der Waals surface area contributed by atoms with Gasteiger partial charge in [0.1, 0.15) is 22.6 Å². The number of esters is 3. The highest BCUT2D eigenvalue weighted by molar-refractivity contribution is 5.94. The molecule has 1 heterocycles. The molecule has 0 aliphatic carbocycles. The van der Waals surface area contributed by atoms with Crippen molar-refractivity contribution in [1.82, 2.24) is 0 Å². The van der Waals surface area contributed by atoms with Crippen LogP contribution in [0.5, 0.6) is 11.5 Å². The van der Waals surface area contributed by atoms with Crippen molar-refractivity contribution in [2.45, 2.75) is 85.0 Å². The molecular weight excluding hydrogens is 588 g/mol. The third kappa shape index (κ3) is 12.2. The highest BCUT2D eigenvalue weighted by Crippen LogP contribution is 2.22. The second-order valence-corrected chi connectivity index (χ2v) is 11.6. The molecule has 0 saturated carbocycles. The zero-order valence-electron chi connectivity index (χ0n) is 27.3. The molecule has 1 aromatic heterocycles. The van der Waals surface area contributed by atoms with Crippen LogP contribution in [0.3, 0.4) is 0 Å². The number of carbonyl (C=O) groups excluding carboxylic acids is 3. The Labute approximate surface area is 270 Å². The average molecular weight is 635 g/mol. The Morgan fingerprint density at radius 3 is 2.02 bits per heavy atom. The fraction of sp³-hybridized carbons (Fsp3) is 0.459. The van der Waals surface area contributed by atoms with E-state index in [0.717, 1.165) is 44.9 Å². The van der Waals surface area contributed by atoms with E-state index in [4.69, 9.17) is 23.4 Å². The van der Waals surface area contributed by atoms with Crippen LogP contribution < -0.4 is 15.1 Å². The summed E-state index contributed by atoms with van der Waals surface area (Å²) in [5, 5.41) is 0.561. The van der Waals surface area contributed by atoms with E-state index in [1.54, 1.807) is 25.1 Å². The Morgan fingerprint density at radius 1 is 0.783 bits per heavy atom. The first kappa shape index (κ1) is 36.1. The molecule has 0 saturated heterocycles. The highest BCUT2D eigenvalue weighted by atomic mass is 16.5. The van der Waals surface area contributed by atoms with Crippen LogP contribution in [-0.4, -0.2) is 37.7 Å². The molecule has 1 atom stereocenters. The summed E-state index contributed by atoms with van der Waals surface area (Å²) in [7, 11) is 0. The van der Waals surface area contributed by atoms with Gasteiger partial charge in [0.05, 0.1) is 25.4 Å². The summed E-state index contributed by atoms with van der Waals surface area (Å²) < 4.78 is 27.0. The number of carbonyl (C=O) groups is 3. The molecule has 0 aliphatic rings. The van der Waals surface area contributed by atoms with Crippen LogP contribution >= 0.6 is 0 Å². The lowest BCUT2D eigenvalue weighted by molar-refractivity contribution is -0.139. The number of ether oxygens (including phenoxy) is 4. The number of hydrogen-bond donors (Lipinski definition) is 0. The number of hydrogen-bond acceptors (Lipinski definition) is 9. The second-order valence-electron chi connectivity index (χ2n) is 11.6. The largest absolute Gasteiger partial charge is 0.493 e. The molecule has 0 aliphatic heterocycles. The number of benzene rings is 2. The third-order valence-corrected chi connectivity index (χ3v) is 7.56. The standard InChI is InChI=1S/C37H46O9/c1-5-27(4)25-44-35(39)28-15-18-30(19-16-28)45-36(40)32-23-29-17-20-31(24-33(29)46-37(32)41)42-21-13-11-9-7-6-8-10-12-14-22-43-34(38)26(2)3/h15-20,23-24,27H,2,5-14,21-22,25H2,1,3-4H3. The monoisotopic (exact) mass is 634 g/mol. The molecule has 0 amide bonds. The number of rotatable bonds is 20. The normalized spacial score (nSPS) is 11.5. The van der Waals surface area contributed by atoms with E-state index in [-0.39, 0.29) is 23.2 Å². The van der Waals surface area contributed by atoms with E-state index in [1.807, 2.05) is 13.8 Å². The lowest BCUT2D eigenvalue weighted by Crippen LogP contribution is -2.18. The predicted molar refractivity (Wildman–Crippen MR) is 176 cm³/mol. The smallest absolute Gasteiger partial charge is 0.351 e. The molecule has 9 heteroatoms. The molecule has 0 bridgehead atoms. The van der Waals surface area contributed by atoms with Gasteiger partial charge in [-0.3, -0.25) is 0 Å². The summed E-state index contributed by atoms with van der Waals surface area (Å²) >= 11 is 0. The van der Waals surface area contributed by atoms with Gasteiger partial charge in [-0.25, -0.2) is 19.2 Å². The average Bonchev–Trinajstić information content (AvgIpc) is 3.05. The zero-order valence-corrected chi connectivity index (χ0v) is 27.3. The van der Waals surface area contributed by atoms with Crippen LogP contribution in [0.15, 0.2) is 69.9 Å². The van der Waals surface area contributed by atoms with Crippen LogP contribution in [0.4, 0.5) is 0 Å². The molecule has 9 nitrogen and oxygen atoms in total. The molecule has 46 heavy (non-hydrogen) atoms. The van der Waals surface area contributed by atoms with Crippen LogP contribution in [0.25, 0.3) is 11.0 Å². The first-order valence-corrected chi connectivity index (χ1v) is 16.2. The minimum absolute atomic E-state index is 0.183. The van der Waals surface area contributed by atoms with Gasteiger partial charge in [0, 0.05) is 17.0 Å². The van der Waals surface area contributed by atoms with Gasteiger partial charge >= 0.3 is 23.5 Å². The summed E-state index contributed by atoms with van der Waals surface area (Å²) in [5.74, 6) is -0.586. The van der Waals surface area contributed by atoms with Gasteiger partial charge in [0.2, 0.25) is 0 Å². The molecule has 0 fully saturated rings. The highest BCUT2D eigenvalue weighted by Gasteiger charge is 2.17. The number of unbranched alkanes of at least 4 members (excludes halogenated alkanes) is 8. The second kappa shape index (κ2) is 19.2. The minimum Gasteiger partial charge on any atom is -0.493 e. The van der Waals surface area contributed by atoms with Crippen molar-refractivity contribution in [3.05, 3.63) is 82.2 Å². The molecule has 3 aromatic rings. The Hall–Kier alpha value is -4.40. The van der Waals surface area contributed by atoms with E-state index in [2.05, 4.69) is 6.58 Å². The number of fused-ring (bicyclic) bond motifs is 1. The third-order valence-electron chi connectivity index (χ3n) is 7.56. The maximum Gasteiger partial charge on any atom is 0.351 e. The van der Waals surface area contributed by atoms with Gasteiger partial charge in [-0.1, -0.05) is 71.8 Å². The van der Waals surface area contributed by atoms with E-state index in [1.165, 1.54) is 49.6 Å². The van der Waals surface area contributed by atoms with Gasteiger partial charge in [0.25, 0.3) is 0 Å². The molecule has 0 N–H and O–H groups in total. The molecule has 0 radical (unpaired) electrons. The lowest BCUT2D eigenvalue weighted by atomic mass is 10.1. The van der Waals surface area contributed by atoms with E-state index < -0.39 is 17.6 Å². The fourth-order valence-corrected chi connectivity index (χ4v) is 4.48. The van der Waals surface area contributed by atoms with Gasteiger partial charge in [-0.2, -0.15) is 0 Å². The van der Waals surface area contributed by atoms with Crippen LogP contribution in [-0.2, 0) is 14.3 Å². The molecule has 3 rings (SSSR count). The van der Waals surface area contributed by atoms with Crippen LogP contribution in [0.2, 0.25) is 0 Å². The van der Waals surface area contributed by atoms with Gasteiger partial charge in [-0.05, 0) is 68.1 Å².